The van der Waals surface area contributed by atoms with Crippen molar-refractivity contribution in [3.8, 4) is 0 Å². The number of aromatic nitrogens is 4. The molecule has 0 spiro atoms. The van der Waals surface area contributed by atoms with Crippen LogP contribution in [0, 0.1) is 40.5 Å². The Bertz CT molecular complexity index is 4750. The average Bonchev–Trinajstić information content (AvgIpc) is 0.949. The van der Waals surface area contributed by atoms with Crippen LogP contribution in [0.4, 0.5) is 94.3 Å². The number of ketones is 1. The molecule has 9 aromatic rings. The van der Waals surface area contributed by atoms with Crippen LogP contribution in [0.25, 0.3) is 11.0 Å². The van der Waals surface area contributed by atoms with Gasteiger partial charge in [-0.1, -0.05) is 48.5 Å². The lowest BCUT2D eigenvalue weighted by Gasteiger charge is -2.30. The molecule has 6 aromatic carbocycles. The maximum atomic E-state index is 13.3. The zero-order chi connectivity index (χ0) is 85.7. The second-order valence-corrected chi connectivity index (χ2v) is 29.0. The minimum absolute atomic E-state index is 0.000000000000000222. The second-order valence-electron chi connectivity index (χ2n) is 26.3. The number of rotatable bonds is 17. The molecule has 0 saturated carbocycles. The molecule has 9 rings (SSSR count). The Morgan fingerprint density at radius 2 is 0.893 bits per heavy atom. The molecule has 3 heterocycles. The number of pyridine rings is 1. The summed E-state index contributed by atoms with van der Waals surface area (Å²) in [6.07, 6.45) is -16.9. The Balaban J connectivity index is 0.000000296. The number of nitrogen functional groups attached to an aromatic ring is 1. The number of amides is 1. The van der Waals surface area contributed by atoms with Gasteiger partial charge in [-0.05, 0) is 157 Å². The molecule has 0 radical (unpaired) electrons. The molecule has 0 aliphatic heterocycles. The zero-order valence-electron chi connectivity index (χ0n) is 60.8. The molecule has 112 heavy (non-hydrogen) atoms. The van der Waals surface area contributed by atoms with Crippen LogP contribution in [0.3, 0.4) is 0 Å². The average molecular weight is 1640 g/mol. The molecular formula is C71H71F15N10O14S2. The lowest BCUT2D eigenvalue weighted by atomic mass is 9.83. The standard InChI is InChI=1S/C24H24F3N5OS.C10H10F3NO5S.C10H10F3NO2.C10H12F3N.C9H8F3NO3.C8H7NO3/c1-14(31-22(33)17-10-19-18(11-28-17)30-13-32(19)4)20-12-29-21(34-20)9-15-5-7-16(8-6-15)23(2,3)24(25,26)27;1-9(10(11,12)13,19-20(2,17)18)7-3-5-8(6-4-7)14(15)16;1-9(2,10(11,12)13)7-3-5-8(6-4-7)14(15)16;1-9(2,10(11,12)13)7-3-5-8(14)6-4-7;1-8(14,9(10,11)12)6-2-4-7(5-3-6)13(15)16;1-6(10)7-2-4-8(5-3-7)9(11)12/h5-8,10-14H,9H2,1-4H3,(H,31,33);3-6H,1-2H3;3-6H,1-2H3;3-6H,14H2,1-2H3;2-5,14H,1H3;2-5H,1H3. The molecule has 0 fully saturated rings. The molecule has 1 amide bonds. The number of hydrogen-bond donors (Lipinski definition) is 3. The number of nitrogens with two attached hydrogens (primary N) is 1. The molecule has 41 heteroatoms. The van der Waals surface area contributed by atoms with Crippen molar-refractivity contribution in [1.82, 2.24) is 24.8 Å². The number of non-ortho nitro benzene ring substituents is 4. The number of carbonyl (C=O) groups is 2. The summed E-state index contributed by atoms with van der Waals surface area (Å²) in [4.78, 5) is 75.8. The van der Waals surface area contributed by atoms with E-state index in [0.29, 0.717) is 49.0 Å². The van der Waals surface area contributed by atoms with E-state index in [9.17, 15) is 129 Å². The Morgan fingerprint density at radius 3 is 1.24 bits per heavy atom. The Morgan fingerprint density at radius 1 is 0.536 bits per heavy atom. The van der Waals surface area contributed by atoms with Crippen LogP contribution in [-0.2, 0) is 55.2 Å². The van der Waals surface area contributed by atoms with Crippen molar-refractivity contribution in [3.05, 3.63) is 265 Å². The number of alkyl halides is 15. The maximum Gasteiger partial charge on any atom is 0.422 e. The minimum atomic E-state index is -5.02. The predicted octanol–water partition coefficient (Wildman–Crippen LogP) is 18.4. The smallest absolute Gasteiger partial charge is 0.399 e. The van der Waals surface area contributed by atoms with Gasteiger partial charge in [0.2, 0.25) is 5.60 Å². The first-order chi connectivity index (χ1) is 51.0. The topological polar surface area (TPSA) is 352 Å². The number of aryl methyl sites for hydroxylation is 1. The predicted molar refractivity (Wildman–Crippen MR) is 381 cm³/mol. The van der Waals surface area contributed by atoms with E-state index >= 15 is 0 Å². The quantitative estimate of drug-likeness (QED) is 0.0190. The highest BCUT2D eigenvalue weighted by Gasteiger charge is 2.57. The van der Waals surface area contributed by atoms with Crippen molar-refractivity contribution >= 4 is 72.6 Å². The van der Waals surface area contributed by atoms with Gasteiger partial charge >= 0.3 is 30.9 Å². The van der Waals surface area contributed by atoms with Crippen LogP contribution in [0.1, 0.15) is 139 Å². The summed E-state index contributed by atoms with van der Waals surface area (Å²) >= 11 is 1.45. The number of halogens is 15. The Hall–Kier alpha value is -11.1. The van der Waals surface area contributed by atoms with Crippen LogP contribution in [-0.4, -0.2) is 102 Å². The highest BCUT2D eigenvalue weighted by atomic mass is 32.2. The molecule has 4 N–H and O–H groups in total. The summed E-state index contributed by atoms with van der Waals surface area (Å²) in [7, 11) is -2.54. The molecule has 0 aliphatic carbocycles. The summed E-state index contributed by atoms with van der Waals surface area (Å²) in [6, 6.07) is 30.4. The van der Waals surface area contributed by atoms with Crippen LogP contribution >= 0.6 is 11.3 Å². The number of carbonyl (C=O) groups excluding carboxylic acids is 2. The van der Waals surface area contributed by atoms with Crippen molar-refractivity contribution in [2.24, 2.45) is 7.05 Å². The van der Waals surface area contributed by atoms with Crippen molar-refractivity contribution in [2.75, 3.05) is 12.0 Å². The fourth-order valence-electron chi connectivity index (χ4n) is 9.06. The van der Waals surface area contributed by atoms with E-state index in [2.05, 4.69) is 24.5 Å². The van der Waals surface area contributed by atoms with E-state index in [0.717, 1.165) is 121 Å². The number of nitro groups is 4. The Kier molecular flexibility index (Phi) is 30.0. The molecule has 0 bridgehead atoms. The molecule has 3 unspecified atom stereocenters. The van der Waals surface area contributed by atoms with Crippen molar-refractivity contribution in [2.45, 2.75) is 140 Å². The van der Waals surface area contributed by atoms with Crippen molar-refractivity contribution in [1.29, 1.82) is 0 Å². The van der Waals surface area contributed by atoms with Gasteiger partial charge in [-0.2, -0.15) is 74.3 Å². The molecule has 0 aliphatic rings. The number of imidazole rings is 1. The van der Waals surface area contributed by atoms with E-state index in [1.807, 2.05) is 18.5 Å². The Labute approximate surface area is 632 Å². The number of benzene rings is 6. The number of nitrogens with one attached hydrogen (secondary N) is 1. The third-order valence-corrected chi connectivity index (χ3v) is 18.8. The first kappa shape index (κ1) is 93.3. The lowest BCUT2D eigenvalue weighted by Crippen LogP contribution is -2.43. The molecular weight excluding hydrogens is 1570 g/mol. The van der Waals surface area contributed by atoms with Crippen LogP contribution < -0.4 is 11.1 Å². The first-order valence-electron chi connectivity index (χ1n) is 32.0. The van der Waals surface area contributed by atoms with Gasteiger partial charge in [0.15, 0.2) is 11.4 Å². The highest BCUT2D eigenvalue weighted by molar-refractivity contribution is 7.86. The van der Waals surface area contributed by atoms with Gasteiger partial charge in [-0.3, -0.25) is 50.0 Å². The van der Waals surface area contributed by atoms with Gasteiger partial charge in [0.1, 0.15) is 11.2 Å². The number of hydrogen-bond acceptors (Lipinski definition) is 19. The number of nitro benzene ring substituents is 4. The highest BCUT2D eigenvalue weighted by Crippen LogP contribution is 2.46. The summed E-state index contributed by atoms with van der Waals surface area (Å²) in [5.74, 6) is -0.390. The molecule has 24 nitrogen and oxygen atoms in total. The SMILES string of the molecule is CC(=O)c1ccc([N+](=O)[O-])cc1.CC(C)(c1ccc(N)cc1)C(F)(F)F.CC(C)(c1ccc([N+](=O)[O-])cc1)C(F)(F)F.CC(NC(=O)c1cc2c(cn1)ncn2C)c1cnc(Cc2ccc(C(C)(C)C(F)(F)F)cc2)s1.CC(O)(c1ccc([N+](=O)[O-])cc1)C(F)(F)F.CC(OS(C)(=O)=O)(c1ccc([N+](=O)[O-])cc1)C(F)(F)F. The van der Waals surface area contributed by atoms with E-state index < -0.39 is 105 Å². The lowest BCUT2D eigenvalue weighted by molar-refractivity contribution is -0.385. The second kappa shape index (κ2) is 36.0. The van der Waals surface area contributed by atoms with E-state index in [1.165, 1.54) is 92.8 Å². The van der Waals surface area contributed by atoms with Gasteiger partial charge in [0, 0.05) is 84.3 Å². The molecule has 606 valence electrons. The van der Waals surface area contributed by atoms with Gasteiger partial charge in [-0.25, -0.2) is 19.1 Å². The third kappa shape index (κ3) is 24.5. The normalized spacial score (nSPS) is 13.5. The van der Waals surface area contributed by atoms with E-state index in [4.69, 9.17) is 5.73 Å². The fourth-order valence-corrected chi connectivity index (χ4v) is 10.8. The summed E-state index contributed by atoms with van der Waals surface area (Å²) in [6.45, 7) is 11.1. The van der Waals surface area contributed by atoms with E-state index in [1.54, 1.807) is 36.9 Å². The molecule has 3 atom stereocenters. The zero-order valence-corrected chi connectivity index (χ0v) is 62.5. The molecule has 0 saturated heterocycles. The summed E-state index contributed by atoms with van der Waals surface area (Å²) < 4.78 is 220. The van der Waals surface area contributed by atoms with Gasteiger partial charge in [0.05, 0.1) is 71.3 Å². The van der Waals surface area contributed by atoms with Crippen molar-refractivity contribution < 1.29 is 113 Å². The minimum Gasteiger partial charge on any atom is -0.399 e. The number of nitrogens with zero attached hydrogens (tertiary/aromatic N) is 8. The monoisotopic (exact) mass is 1640 g/mol. The summed E-state index contributed by atoms with van der Waals surface area (Å²) in [5, 5.41) is 54.3. The van der Waals surface area contributed by atoms with Crippen molar-refractivity contribution in [3.63, 3.8) is 0 Å². The van der Waals surface area contributed by atoms with Gasteiger partial charge < -0.3 is 20.7 Å². The first-order valence-corrected chi connectivity index (χ1v) is 34.6. The van der Waals surface area contributed by atoms with Crippen LogP contribution in [0.5, 0.6) is 0 Å². The van der Waals surface area contributed by atoms with Crippen LogP contribution in [0.15, 0.2) is 170 Å². The number of anilines is 1. The van der Waals surface area contributed by atoms with Crippen LogP contribution in [0.2, 0.25) is 0 Å². The largest absolute Gasteiger partial charge is 0.422 e. The number of thiazole rings is 1. The van der Waals surface area contributed by atoms with Gasteiger partial charge in [-0.15, -0.1) is 11.3 Å². The number of fused-ring (bicyclic) bond motifs is 1. The number of Topliss-reactive ketones (excluding diaryl/α,β-unsaturated/α-hetero) is 1. The third-order valence-electron chi connectivity index (χ3n) is 16.9. The molecule has 3 aromatic heterocycles. The van der Waals surface area contributed by atoms with E-state index in [-0.39, 0.29) is 51.5 Å². The van der Waals surface area contributed by atoms with Gasteiger partial charge in [0.25, 0.3) is 38.8 Å². The fraction of sp³-hybridized carbons (Fsp3) is 0.338. The summed E-state index contributed by atoms with van der Waals surface area (Å²) in [5.41, 5.74) is -4.35. The number of aliphatic hydroxyl groups is 1. The maximum absolute atomic E-state index is 13.3.